The number of nitrogens with zero attached hydrogens (tertiary/aromatic N) is 3. The molecule has 20 heavy (non-hydrogen) atoms. The molecular formula is C16H16N4. The minimum atomic E-state index is -0.225. The van der Waals surface area contributed by atoms with Crippen molar-refractivity contribution in [2.75, 3.05) is 0 Å². The van der Waals surface area contributed by atoms with E-state index in [1.807, 2.05) is 44.3 Å². The number of fused-ring (bicyclic) bond motifs is 1. The summed E-state index contributed by atoms with van der Waals surface area (Å²) in [5.41, 5.74) is 10.3. The Hall–Kier alpha value is -2.33. The van der Waals surface area contributed by atoms with E-state index in [0.29, 0.717) is 0 Å². The predicted molar refractivity (Wildman–Crippen MR) is 79.3 cm³/mol. The van der Waals surface area contributed by atoms with E-state index >= 15 is 0 Å². The van der Waals surface area contributed by atoms with E-state index in [9.17, 15) is 0 Å². The van der Waals surface area contributed by atoms with E-state index < -0.39 is 0 Å². The van der Waals surface area contributed by atoms with Gasteiger partial charge in [-0.3, -0.25) is 4.98 Å². The molecule has 3 aromatic rings. The van der Waals surface area contributed by atoms with Gasteiger partial charge in [0.05, 0.1) is 17.4 Å². The highest BCUT2D eigenvalue weighted by Crippen LogP contribution is 2.27. The molecule has 0 fully saturated rings. The molecule has 1 atom stereocenters. The summed E-state index contributed by atoms with van der Waals surface area (Å²) in [7, 11) is 0. The molecular weight excluding hydrogens is 248 g/mol. The lowest BCUT2D eigenvalue weighted by atomic mass is 9.94. The fraction of sp³-hybridized carbons (Fsp3) is 0.188. The normalized spacial score (nSPS) is 12.6. The molecule has 4 nitrogen and oxygen atoms in total. The first-order valence-corrected chi connectivity index (χ1v) is 6.56. The average molecular weight is 264 g/mol. The second-order valence-corrected chi connectivity index (χ2v) is 4.95. The highest BCUT2D eigenvalue weighted by atomic mass is 15.1. The van der Waals surface area contributed by atoms with Crippen LogP contribution >= 0.6 is 0 Å². The molecule has 0 amide bonds. The number of hydrogen-bond donors (Lipinski definition) is 1. The van der Waals surface area contributed by atoms with Crippen LogP contribution in [0.2, 0.25) is 0 Å². The highest BCUT2D eigenvalue weighted by Gasteiger charge is 2.15. The van der Waals surface area contributed by atoms with Gasteiger partial charge < -0.3 is 5.73 Å². The smallest absolute Gasteiger partial charge is 0.0651 e. The average Bonchev–Trinajstić information content (AvgIpc) is 2.48. The Bertz CT molecular complexity index is 762. The van der Waals surface area contributed by atoms with E-state index in [2.05, 4.69) is 21.2 Å². The molecule has 1 unspecified atom stereocenters. The molecule has 2 aromatic heterocycles. The molecule has 100 valence electrons. The predicted octanol–water partition coefficient (Wildman–Crippen LogP) is 2.69. The van der Waals surface area contributed by atoms with Crippen LogP contribution in [0.15, 0.2) is 42.7 Å². The molecule has 2 heterocycles. The van der Waals surface area contributed by atoms with E-state index in [1.54, 1.807) is 6.20 Å². The Labute approximate surface area is 117 Å². The molecule has 0 spiro atoms. The van der Waals surface area contributed by atoms with E-state index in [0.717, 1.165) is 33.3 Å². The molecule has 3 rings (SSSR count). The van der Waals surface area contributed by atoms with Crippen LogP contribution in [0.3, 0.4) is 0 Å². The monoisotopic (exact) mass is 264 g/mol. The molecule has 0 saturated carbocycles. The minimum absolute atomic E-state index is 0.225. The van der Waals surface area contributed by atoms with Crippen molar-refractivity contribution in [3.8, 4) is 0 Å². The first kappa shape index (κ1) is 12.7. The van der Waals surface area contributed by atoms with Crippen molar-refractivity contribution < 1.29 is 0 Å². The third-order valence-electron chi connectivity index (χ3n) is 3.53. The molecule has 0 aliphatic heterocycles. The zero-order valence-electron chi connectivity index (χ0n) is 11.5. The second-order valence-electron chi connectivity index (χ2n) is 4.95. The third-order valence-corrected chi connectivity index (χ3v) is 3.53. The summed E-state index contributed by atoms with van der Waals surface area (Å²) in [4.78, 5) is 4.21. The van der Waals surface area contributed by atoms with Crippen LogP contribution in [0, 0.1) is 13.8 Å². The first-order chi connectivity index (χ1) is 9.66. The Morgan fingerprint density at radius 3 is 2.75 bits per heavy atom. The van der Waals surface area contributed by atoms with Gasteiger partial charge in [0, 0.05) is 17.8 Å². The Morgan fingerprint density at radius 1 is 1.05 bits per heavy atom. The number of rotatable bonds is 2. The van der Waals surface area contributed by atoms with Gasteiger partial charge >= 0.3 is 0 Å². The standard InChI is InChI=1S/C16H16N4/c1-10-8-14(11(2)20-19-10)16(17)13-5-3-4-12-6-7-18-9-15(12)13/h3-9,16H,17H2,1-2H3. The number of aryl methyl sites for hydroxylation is 2. The molecule has 4 heteroatoms. The quantitative estimate of drug-likeness (QED) is 0.773. The Morgan fingerprint density at radius 2 is 1.90 bits per heavy atom. The van der Waals surface area contributed by atoms with Gasteiger partial charge in [-0.05, 0) is 42.5 Å². The maximum atomic E-state index is 6.46. The van der Waals surface area contributed by atoms with Gasteiger partial charge in [0.2, 0.25) is 0 Å². The van der Waals surface area contributed by atoms with Crippen LogP contribution in [-0.4, -0.2) is 15.2 Å². The lowest BCUT2D eigenvalue weighted by Gasteiger charge is -2.16. The van der Waals surface area contributed by atoms with Gasteiger partial charge in [0.1, 0.15) is 0 Å². The largest absolute Gasteiger partial charge is 0.320 e. The van der Waals surface area contributed by atoms with Gasteiger partial charge in [0.25, 0.3) is 0 Å². The van der Waals surface area contributed by atoms with E-state index in [1.165, 1.54) is 0 Å². The molecule has 2 N–H and O–H groups in total. The summed E-state index contributed by atoms with van der Waals surface area (Å²) in [5.74, 6) is 0. The van der Waals surface area contributed by atoms with Gasteiger partial charge in [-0.15, -0.1) is 0 Å². The lowest BCUT2D eigenvalue weighted by molar-refractivity contribution is 0.818. The Kier molecular flexibility index (Phi) is 3.16. The van der Waals surface area contributed by atoms with Gasteiger partial charge in [-0.1, -0.05) is 18.2 Å². The van der Waals surface area contributed by atoms with Gasteiger partial charge in [-0.2, -0.15) is 10.2 Å². The molecule has 0 aliphatic carbocycles. The first-order valence-electron chi connectivity index (χ1n) is 6.56. The molecule has 0 radical (unpaired) electrons. The second kappa shape index (κ2) is 4.98. The maximum absolute atomic E-state index is 6.46. The van der Waals surface area contributed by atoms with Crippen LogP contribution in [0.4, 0.5) is 0 Å². The lowest BCUT2D eigenvalue weighted by Crippen LogP contribution is -2.15. The zero-order valence-corrected chi connectivity index (χ0v) is 11.5. The van der Waals surface area contributed by atoms with Crippen LogP contribution in [0.1, 0.15) is 28.6 Å². The Balaban J connectivity index is 2.17. The fourth-order valence-corrected chi connectivity index (χ4v) is 2.46. The highest BCUT2D eigenvalue weighted by molar-refractivity contribution is 5.85. The van der Waals surface area contributed by atoms with E-state index in [4.69, 9.17) is 5.73 Å². The van der Waals surface area contributed by atoms with Crippen molar-refractivity contribution in [3.05, 3.63) is 65.2 Å². The van der Waals surface area contributed by atoms with Gasteiger partial charge in [0.15, 0.2) is 0 Å². The van der Waals surface area contributed by atoms with Crippen LogP contribution in [-0.2, 0) is 0 Å². The molecule has 0 saturated heterocycles. The fourth-order valence-electron chi connectivity index (χ4n) is 2.46. The minimum Gasteiger partial charge on any atom is -0.320 e. The molecule has 0 aliphatic rings. The zero-order chi connectivity index (χ0) is 14.1. The third kappa shape index (κ3) is 2.14. The van der Waals surface area contributed by atoms with E-state index in [-0.39, 0.29) is 6.04 Å². The van der Waals surface area contributed by atoms with Crippen molar-refractivity contribution in [1.82, 2.24) is 15.2 Å². The van der Waals surface area contributed by atoms with Crippen LogP contribution in [0.25, 0.3) is 10.8 Å². The molecule has 1 aromatic carbocycles. The number of pyridine rings is 1. The summed E-state index contributed by atoms with van der Waals surface area (Å²) in [5, 5.41) is 10.4. The summed E-state index contributed by atoms with van der Waals surface area (Å²) in [6.45, 7) is 3.86. The summed E-state index contributed by atoms with van der Waals surface area (Å²) in [6, 6.07) is 9.91. The topological polar surface area (TPSA) is 64.7 Å². The maximum Gasteiger partial charge on any atom is 0.0651 e. The van der Waals surface area contributed by atoms with Crippen molar-refractivity contribution in [3.63, 3.8) is 0 Å². The summed E-state index contributed by atoms with van der Waals surface area (Å²) >= 11 is 0. The van der Waals surface area contributed by atoms with Gasteiger partial charge in [-0.25, -0.2) is 0 Å². The summed E-state index contributed by atoms with van der Waals surface area (Å²) < 4.78 is 0. The summed E-state index contributed by atoms with van der Waals surface area (Å²) in [6.07, 6.45) is 3.66. The number of nitrogens with two attached hydrogens (primary N) is 1. The van der Waals surface area contributed by atoms with Crippen molar-refractivity contribution in [2.45, 2.75) is 19.9 Å². The van der Waals surface area contributed by atoms with Crippen molar-refractivity contribution >= 4 is 10.8 Å². The SMILES string of the molecule is Cc1cc(C(N)c2cccc3ccncc23)c(C)nn1. The number of hydrogen-bond acceptors (Lipinski definition) is 4. The van der Waals surface area contributed by atoms with Crippen molar-refractivity contribution in [1.29, 1.82) is 0 Å². The number of benzene rings is 1. The van der Waals surface area contributed by atoms with Crippen LogP contribution in [0.5, 0.6) is 0 Å². The molecule has 0 bridgehead atoms. The number of aromatic nitrogens is 3. The van der Waals surface area contributed by atoms with Crippen LogP contribution < -0.4 is 5.73 Å². The van der Waals surface area contributed by atoms with Crippen molar-refractivity contribution in [2.24, 2.45) is 5.73 Å².